The Bertz CT molecular complexity index is 930. The van der Waals surface area contributed by atoms with Crippen LogP contribution in [0.4, 0.5) is 5.82 Å². The number of nitrogens with zero attached hydrogens (tertiary/aromatic N) is 2. The van der Waals surface area contributed by atoms with E-state index in [1.54, 1.807) is 13.3 Å². The summed E-state index contributed by atoms with van der Waals surface area (Å²) in [7, 11) is 1.62. The Morgan fingerprint density at radius 1 is 1.26 bits per heavy atom. The van der Waals surface area contributed by atoms with Crippen molar-refractivity contribution in [1.29, 1.82) is 0 Å². The first-order valence-electron chi connectivity index (χ1n) is 8.95. The number of anilines is 1. The number of H-pyrrole nitrogens is 1. The summed E-state index contributed by atoms with van der Waals surface area (Å²) in [6.07, 6.45) is 1.81. The van der Waals surface area contributed by atoms with E-state index in [0.29, 0.717) is 12.2 Å². The molecule has 0 unspecified atom stereocenters. The summed E-state index contributed by atoms with van der Waals surface area (Å²) >= 11 is 0. The van der Waals surface area contributed by atoms with Crippen molar-refractivity contribution in [2.45, 2.75) is 6.54 Å². The number of aromatic nitrogens is 2. The molecule has 0 saturated carbocycles. The molecule has 4 rings (SSSR count). The third kappa shape index (κ3) is 3.88. The molecule has 7 nitrogen and oxygen atoms in total. The maximum absolute atomic E-state index is 12.4. The first-order valence-corrected chi connectivity index (χ1v) is 8.95. The van der Waals surface area contributed by atoms with E-state index in [9.17, 15) is 4.79 Å². The van der Waals surface area contributed by atoms with E-state index in [2.05, 4.69) is 20.2 Å². The van der Waals surface area contributed by atoms with Crippen molar-refractivity contribution >= 4 is 22.6 Å². The molecule has 1 saturated heterocycles. The largest absolute Gasteiger partial charge is 0.497 e. The van der Waals surface area contributed by atoms with Crippen LogP contribution in [0.1, 0.15) is 16.1 Å². The number of nitrogens with one attached hydrogen (secondary N) is 2. The van der Waals surface area contributed by atoms with Crippen molar-refractivity contribution in [1.82, 2.24) is 15.3 Å². The van der Waals surface area contributed by atoms with Crippen molar-refractivity contribution in [2.24, 2.45) is 0 Å². The lowest BCUT2D eigenvalue weighted by atomic mass is 10.2. The second kappa shape index (κ2) is 7.67. The van der Waals surface area contributed by atoms with Gasteiger partial charge in [-0.1, -0.05) is 6.07 Å². The second-order valence-electron chi connectivity index (χ2n) is 6.44. The Hall–Kier alpha value is -3.06. The van der Waals surface area contributed by atoms with Crippen LogP contribution in [0, 0.1) is 0 Å². The van der Waals surface area contributed by atoms with Crippen molar-refractivity contribution in [2.75, 3.05) is 38.3 Å². The number of fused-ring (bicyclic) bond motifs is 1. The number of pyridine rings is 1. The summed E-state index contributed by atoms with van der Waals surface area (Å²) in [6.45, 7) is 3.60. The SMILES string of the molecule is COc1ccc2cc(C(=O)NCc3ccc(N4CCOCC4)nc3)[nH]c2c1. The fourth-order valence-corrected chi connectivity index (χ4v) is 3.13. The van der Waals surface area contributed by atoms with Gasteiger partial charge in [0.2, 0.25) is 0 Å². The topological polar surface area (TPSA) is 79.5 Å². The predicted octanol–water partition coefficient (Wildman–Crippen LogP) is 2.34. The zero-order valence-electron chi connectivity index (χ0n) is 15.2. The standard InChI is InChI=1S/C20H22N4O3/c1-26-16-4-3-15-10-18(23-17(15)11-16)20(25)22-13-14-2-5-19(21-12-14)24-6-8-27-9-7-24/h2-5,10-12,23H,6-9,13H2,1H3,(H,22,25). The van der Waals surface area contributed by atoms with Crippen molar-refractivity contribution < 1.29 is 14.3 Å². The number of benzene rings is 1. The Labute approximate surface area is 157 Å². The molecule has 0 bridgehead atoms. The summed E-state index contributed by atoms with van der Waals surface area (Å²) in [5, 5.41) is 3.90. The van der Waals surface area contributed by atoms with E-state index in [0.717, 1.165) is 54.3 Å². The number of carbonyl (C=O) groups excluding carboxylic acids is 1. The van der Waals surface area contributed by atoms with Crippen LogP contribution >= 0.6 is 0 Å². The summed E-state index contributed by atoms with van der Waals surface area (Å²) in [4.78, 5) is 22.3. The van der Waals surface area contributed by atoms with Gasteiger partial charge >= 0.3 is 0 Å². The van der Waals surface area contributed by atoms with Gasteiger partial charge in [-0.05, 0) is 29.8 Å². The summed E-state index contributed by atoms with van der Waals surface area (Å²) in [5.41, 5.74) is 2.35. The smallest absolute Gasteiger partial charge is 0.267 e. The highest BCUT2D eigenvalue weighted by atomic mass is 16.5. The molecule has 0 atom stereocenters. The van der Waals surface area contributed by atoms with Crippen LogP contribution in [0.25, 0.3) is 10.9 Å². The minimum absolute atomic E-state index is 0.151. The number of rotatable bonds is 5. The number of methoxy groups -OCH3 is 1. The molecule has 7 heteroatoms. The van der Waals surface area contributed by atoms with Crippen molar-refractivity contribution in [3.63, 3.8) is 0 Å². The highest BCUT2D eigenvalue weighted by molar-refractivity contribution is 5.98. The van der Waals surface area contributed by atoms with Crippen LogP contribution in [0.15, 0.2) is 42.6 Å². The minimum atomic E-state index is -0.151. The Kier molecular flexibility index (Phi) is 4.93. The molecular weight excluding hydrogens is 344 g/mol. The van der Waals surface area contributed by atoms with Gasteiger partial charge in [-0.25, -0.2) is 4.98 Å². The molecule has 1 aliphatic rings. The third-order valence-corrected chi connectivity index (χ3v) is 4.67. The molecular formula is C20H22N4O3. The quantitative estimate of drug-likeness (QED) is 0.725. The van der Waals surface area contributed by atoms with Crippen LogP contribution in [0.2, 0.25) is 0 Å². The first-order chi connectivity index (χ1) is 13.2. The molecule has 1 fully saturated rings. The van der Waals surface area contributed by atoms with Crippen LogP contribution in [0.3, 0.4) is 0 Å². The van der Waals surface area contributed by atoms with Gasteiger partial charge in [0.1, 0.15) is 17.3 Å². The third-order valence-electron chi connectivity index (χ3n) is 4.67. The lowest BCUT2D eigenvalue weighted by Crippen LogP contribution is -2.36. The van der Waals surface area contributed by atoms with Gasteiger partial charge in [0.05, 0.1) is 20.3 Å². The van der Waals surface area contributed by atoms with Crippen LogP contribution in [-0.2, 0) is 11.3 Å². The average molecular weight is 366 g/mol. The maximum Gasteiger partial charge on any atom is 0.267 e. The number of morpholine rings is 1. The van der Waals surface area contributed by atoms with Gasteiger partial charge < -0.3 is 24.7 Å². The molecule has 1 aliphatic heterocycles. The van der Waals surface area contributed by atoms with Crippen LogP contribution in [-0.4, -0.2) is 49.3 Å². The lowest BCUT2D eigenvalue weighted by Gasteiger charge is -2.27. The second-order valence-corrected chi connectivity index (χ2v) is 6.44. The maximum atomic E-state index is 12.4. The molecule has 3 aromatic rings. The van der Waals surface area contributed by atoms with Gasteiger partial charge in [0, 0.05) is 42.8 Å². The molecule has 1 aromatic carbocycles. The van der Waals surface area contributed by atoms with E-state index in [1.807, 2.05) is 36.4 Å². The van der Waals surface area contributed by atoms with E-state index < -0.39 is 0 Å². The molecule has 2 aromatic heterocycles. The molecule has 2 N–H and O–H groups in total. The van der Waals surface area contributed by atoms with Crippen molar-refractivity contribution in [3.05, 3.63) is 53.9 Å². The number of aromatic amines is 1. The molecule has 27 heavy (non-hydrogen) atoms. The number of amides is 1. The zero-order chi connectivity index (χ0) is 18.6. The van der Waals surface area contributed by atoms with Gasteiger partial charge in [0.15, 0.2) is 0 Å². The predicted molar refractivity (Wildman–Crippen MR) is 103 cm³/mol. The van der Waals surface area contributed by atoms with Gasteiger partial charge in [-0.15, -0.1) is 0 Å². The number of hydrogen-bond donors (Lipinski definition) is 2. The Morgan fingerprint density at radius 2 is 2.11 bits per heavy atom. The zero-order valence-corrected chi connectivity index (χ0v) is 15.2. The molecule has 0 aliphatic carbocycles. The van der Waals surface area contributed by atoms with E-state index in [4.69, 9.17) is 9.47 Å². The highest BCUT2D eigenvalue weighted by Crippen LogP contribution is 2.21. The molecule has 0 spiro atoms. The molecule has 0 radical (unpaired) electrons. The summed E-state index contributed by atoms with van der Waals surface area (Å²) in [6, 6.07) is 11.5. The van der Waals surface area contributed by atoms with Crippen LogP contribution < -0.4 is 15.0 Å². The fourth-order valence-electron chi connectivity index (χ4n) is 3.13. The summed E-state index contributed by atoms with van der Waals surface area (Å²) < 4.78 is 10.6. The van der Waals surface area contributed by atoms with Gasteiger partial charge in [0.25, 0.3) is 5.91 Å². The van der Waals surface area contributed by atoms with E-state index >= 15 is 0 Å². The fraction of sp³-hybridized carbons (Fsp3) is 0.300. The van der Waals surface area contributed by atoms with Crippen molar-refractivity contribution in [3.8, 4) is 5.75 Å². The van der Waals surface area contributed by atoms with E-state index in [-0.39, 0.29) is 5.91 Å². The Balaban J connectivity index is 1.38. The number of ether oxygens (including phenoxy) is 2. The summed E-state index contributed by atoms with van der Waals surface area (Å²) in [5.74, 6) is 1.54. The number of hydrogen-bond acceptors (Lipinski definition) is 5. The number of carbonyl (C=O) groups is 1. The highest BCUT2D eigenvalue weighted by Gasteiger charge is 2.13. The molecule has 1 amide bonds. The van der Waals surface area contributed by atoms with E-state index in [1.165, 1.54) is 0 Å². The monoisotopic (exact) mass is 366 g/mol. The van der Waals surface area contributed by atoms with Crippen LogP contribution in [0.5, 0.6) is 5.75 Å². The first kappa shape index (κ1) is 17.4. The molecule has 140 valence electrons. The average Bonchev–Trinajstić information content (AvgIpc) is 3.16. The Morgan fingerprint density at radius 3 is 2.85 bits per heavy atom. The van der Waals surface area contributed by atoms with Gasteiger partial charge in [-0.3, -0.25) is 4.79 Å². The normalized spacial score (nSPS) is 14.3. The van der Waals surface area contributed by atoms with Gasteiger partial charge in [-0.2, -0.15) is 0 Å². The minimum Gasteiger partial charge on any atom is -0.497 e. The molecule has 3 heterocycles. The lowest BCUT2D eigenvalue weighted by molar-refractivity contribution is 0.0946.